The largest absolute Gasteiger partial charge is 0.497 e. The molecule has 0 saturated carbocycles. The number of amides is 1. The zero-order valence-electron chi connectivity index (χ0n) is 19.6. The van der Waals surface area contributed by atoms with E-state index < -0.39 is 14.9 Å². The van der Waals surface area contributed by atoms with Crippen molar-refractivity contribution >= 4 is 32.4 Å². The Morgan fingerprint density at radius 2 is 1.77 bits per heavy atom. The number of aryl methyl sites for hydroxylation is 1. The molecule has 0 spiro atoms. The molecule has 10 heteroatoms. The first-order valence-corrected chi connectivity index (χ1v) is 12.7. The van der Waals surface area contributed by atoms with Gasteiger partial charge in [0.05, 0.1) is 16.9 Å². The molecule has 35 heavy (non-hydrogen) atoms. The van der Waals surface area contributed by atoms with Crippen molar-refractivity contribution in [1.29, 1.82) is 0 Å². The minimum absolute atomic E-state index is 0.0662. The van der Waals surface area contributed by atoms with E-state index in [0.717, 1.165) is 28.2 Å². The Hall–Kier alpha value is -3.50. The predicted octanol–water partition coefficient (Wildman–Crippen LogP) is 3.78. The van der Waals surface area contributed by atoms with Crippen molar-refractivity contribution in [3.05, 3.63) is 75.8 Å². The van der Waals surface area contributed by atoms with Gasteiger partial charge in [-0.3, -0.25) is 14.9 Å². The fourth-order valence-electron chi connectivity index (χ4n) is 4.32. The predicted molar refractivity (Wildman–Crippen MR) is 132 cm³/mol. The van der Waals surface area contributed by atoms with E-state index in [0.29, 0.717) is 24.9 Å². The van der Waals surface area contributed by atoms with E-state index in [2.05, 4.69) is 5.32 Å². The van der Waals surface area contributed by atoms with Gasteiger partial charge < -0.3 is 10.1 Å². The molecule has 0 bridgehead atoms. The molecular weight excluding hydrogens is 470 g/mol. The van der Waals surface area contributed by atoms with Crippen LogP contribution in [0.3, 0.4) is 0 Å². The van der Waals surface area contributed by atoms with Crippen LogP contribution in [0, 0.1) is 23.0 Å². The summed E-state index contributed by atoms with van der Waals surface area (Å²) in [4.78, 5) is 23.2. The lowest BCUT2D eigenvalue weighted by molar-refractivity contribution is -0.385. The van der Waals surface area contributed by atoms with Crippen LogP contribution in [0.5, 0.6) is 5.75 Å². The van der Waals surface area contributed by atoms with Crippen LogP contribution >= 0.6 is 0 Å². The number of piperidine rings is 1. The minimum Gasteiger partial charge on any atom is -0.497 e. The molecule has 0 unspecified atom stereocenters. The summed E-state index contributed by atoms with van der Waals surface area (Å²) in [7, 11) is -2.27. The van der Waals surface area contributed by atoms with Gasteiger partial charge >= 0.3 is 0 Å². The fourth-order valence-corrected chi connectivity index (χ4v) is 6.04. The van der Waals surface area contributed by atoms with Crippen LogP contribution < -0.4 is 10.1 Å². The Kier molecular flexibility index (Phi) is 7.04. The molecule has 1 fully saturated rings. The number of nitrogens with one attached hydrogen (secondary N) is 1. The van der Waals surface area contributed by atoms with Crippen LogP contribution in [0.15, 0.2) is 59.5 Å². The molecule has 4 rings (SSSR count). The van der Waals surface area contributed by atoms with E-state index in [4.69, 9.17) is 4.74 Å². The highest BCUT2D eigenvalue weighted by atomic mass is 32.2. The number of benzene rings is 3. The average molecular weight is 498 g/mol. The minimum atomic E-state index is -3.89. The molecule has 3 aromatic rings. The Labute approximate surface area is 203 Å². The summed E-state index contributed by atoms with van der Waals surface area (Å²) >= 11 is 0. The second-order valence-electron chi connectivity index (χ2n) is 8.65. The van der Waals surface area contributed by atoms with Crippen LogP contribution in [0.2, 0.25) is 0 Å². The average Bonchev–Trinajstić information content (AvgIpc) is 2.86. The molecule has 1 heterocycles. The van der Waals surface area contributed by atoms with Gasteiger partial charge in [0.2, 0.25) is 15.9 Å². The van der Waals surface area contributed by atoms with Gasteiger partial charge in [-0.1, -0.05) is 24.3 Å². The maximum absolute atomic E-state index is 13.1. The van der Waals surface area contributed by atoms with Crippen molar-refractivity contribution in [3.8, 4) is 5.75 Å². The number of nitrogens with zero attached hydrogens (tertiary/aromatic N) is 2. The van der Waals surface area contributed by atoms with Crippen molar-refractivity contribution in [2.75, 3.05) is 20.2 Å². The molecular formula is C25H27N3O6S. The number of carbonyl (C=O) groups excluding carboxylic acids is 1. The van der Waals surface area contributed by atoms with Crippen molar-refractivity contribution < 1.29 is 22.9 Å². The highest BCUT2D eigenvalue weighted by Crippen LogP contribution is 2.28. The maximum atomic E-state index is 13.1. The molecule has 9 nitrogen and oxygen atoms in total. The molecule has 1 aliphatic rings. The monoisotopic (exact) mass is 497 g/mol. The van der Waals surface area contributed by atoms with Gasteiger partial charge in [-0.05, 0) is 59.9 Å². The van der Waals surface area contributed by atoms with E-state index in [9.17, 15) is 23.3 Å². The van der Waals surface area contributed by atoms with Gasteiger partial charge in [0.1, 0.15) is 5.75 Å². The summed E-state index contributed by atoms with van der Waals surface area (Å²) in [5.74, 6) is 0.383. The van der Waals surface area contributed by atoms with Gasteiger partial charge in [0, 0.05) is 37.7 Å². The number of sulfonamides is 1. The standard InChI is InChI=1S/C25H27N3O6S/c1-17-3-7-22(28(30)31)15-24(17)35(32,33)27-11-9-19(10-12-27)25(29)26-16-18-4-5-21-14-23(34-2)8-6-20(21)13-18/h3-8,13-15,19H,9-12,16H2,1-2H3,(H,26,29). The third kappa shape index (κ3) is 5.28. The smallest absolute Gasteiger partial charge is 0.270 e. The van der Waals surface area contributed by atoms with Gasteiger partial charge in [-0.25, -0.2) is 8.42 Å². The zero-order chi connectivity index (χ0) is 25.2. The summed E-state index contributed by atoms with van der Waals surface area (Å²) in [5, 5.41) is 16.1. The normalized spacial score (nSPS) is 15.1. The molecule has 0 radical (unpaired) electrons. The van der Waals surface area contributed by atoms with Gasteiger partial charge in [-0.2, -0.15) is 4.31 Å². The summed E-state index contributed by atoms with van der Waals surface area (Å²) < 4.78 is 32.8. The highest BCUT2D eigenvalue weighted by molar-refractivity contribution is 7.89. The first kappa shape index (κ1) is 24.6. The van der Waals surface area contributed by atoms with Crippen LogP contribution in [0.25, 0.3) is 10.8 Å². The SMILES string of the molecule is COc1ccc2cc(CNC(=O)C3CCN(S(=O)(=O)c4cc([N+](=O)[O-])ccc4C)CC3)ccc2c1. The van der Waals surface area contributed by atoms with Crippen LogP contribution in [0.4, 0.5) is 5.69 Å². The number of hydrogen-bond donors (Lipinski definition) is 1. The van der Waals surface area contributed by atoms with Crippen molar-refractivity contribution in [1.82, 2.24) is 9.62 Å². The van der Waals surface area contributed by atoms with Crippen molar-refractivity contribution in [2.45, 2.75) is 31.2 Å². The number of nitro benzene ring substituents is 1. The van der Waals surface area contributed by atoms with E-state index in [-0.39, 0.29) is 35.5 Å². The van der Waals surface area contributed by atoms with Gasteiger partial charge in [-0.15, -0.1) is 0 Å². The Morgan fingerprint density at radius 3 is 2.46 bits per heavy atom. The number of nitro groups is 1. The maximum Gasteiger partial charge on any atom is 0.270 e. The number of rotatable bonds is 7. The summed E-state index contributed by atoms with van der Waals surface area (Å²) in [6.07, 6.45) is 0.771. The fraction of sp³-hybridized carbons (Fsp3) is 0.320. The lowest BCUT2D eigenvalue weighted by atomic mass is 9.97. The number of non-ortho nitro benzene ring substituents is 1. The van der Waals surface area contributed by atoms with Crippen molar-refractivity contribution in [2.24, 2.45) is 5.92 Å². The first-order valence-electron chi connectivity index (χ1n) is 11.3. The molecule has 3 aromatic carbocycles. The Balaban J connectivity index is 1.36. The summed E-state index contributed by atoms with van der Waals surface area (Å²) in [6.45, 7) is 2.35. The van der Waals surface area contributed by atoms with Gasteiger partial charge in [0.15, 0.2) is 0 Å². The number of fused-ring (bicyclic) bond motifs is 1. The number of ether oxygens (including phenoxy) is 1. The van der Waals surface area contributed by atoms with Crippen molar-refractivity contribution in [3.63, 3.8) is 0 Å². The van der Waals surface area contributed by atoms with Gasteiger partial charge in [0.25, 0.3) is 5.69 Å². The summed E-state index contributed by atoms with van der Waals surface area (Å²) in [5.41, 5.74) is 1.15. The molecule has 0 aliphatic carbocycles. The molecule has 0 atom stereocenters. The second kappa shape index (κ2) is 10.0. The lowest BCUT2D eigenvalue weighted by Gasteiger charge is -2.31. The van der Waals surface area contributed by atoms with E-state index in [1.165, 1.54) is 16.4 Å². The van der Waals surface area contributed by atoms with Crippen LogP contribution in [-0.2, 0) is 21.4 Å². The lowest BCUT2D eigenvalue weighted by Crippen LogP contribution is -2.43. The van der Waals surface area contributed by atoms with Crippen LogP contribution in [0.1, 0.15) is 24.0 Å². The van der Waals surface area contributed by atoms with E-state index in [1.54, 1.807) is 14.0 Å². The third-order valence-electron chi connectivity index (χ3n) is 6.40. The summed E-state index contributed by atoms with van der Waals surface area (Å²) in [6, 6.07) is 15.6. The zero-order valence-corrected chi connectivity index (χ0v) is 20.4. The number of methoxy groups -OCH3 is 1. The Bertz CT molecular complexity index is 1380. The van der Waals surface area contributed by atoms with E-state index in [1.807, 2.05) is 36.4 Å². The highest BCUT2D eigenvalue weighted by Gasteiger charge is 2.33. The molecule has 184 valence electrons. The molecule has 1 saturated heterocycles. The van der Waals surface area contributed by atoms with Crippen LogP contribution in [-0.4, -0.2) is 43.8 Å². The molecule has 1 N–H and O–H groups in total. The topological polar surface area (TPSA) is 119 Å². The second-order valence-corrected chi connectivity index (χ2v) is 10.6. The van der Waals surface area contributed by atoms with E-state index >= 15 is 0 Å². The molecule has 1 amide bonds. The molecule has 0 aromatic heterocycles. The third-order valence-corrected chi connectivity index (χ3v) is 8.44. The first-order chi connectivity index (χ1) is 16.7. The number of hydrogen-bond acceptors (Lipinski definition) is 6. The molecule has 1 aliphatic heterocycles. The number of carbonyl (C=O) groups is 1. The Morgan fingerprint density at radius 1 is 1.09 bits per heavy atom. The quantitative estimate of drug-likeness (QED) is 0.392.